The second-order valence-corrected chi connectivity index (χ2v) is 4.17. The number of phenolic OH excluding ortho intramolecular Hbond substituents is 2. The summed E-state index contributed by atoms with van der Waals surface area (Å²) in [6, 6.07) is 3.35. The Labute approximate surface area is 90.0 Å². The van der Waals surface area contributed by atoms with Crippen LogP contribution in [0, 0.1) is 0 Å². The van der Waals surface area contributed by atoms with Gasteiger partial charge in [0.05, 0.1) is 0 Å². The van der Waals surface area contributed by atoms with Crippen LogP contribution in [-0.2, 0) is 13.1 Å². The fraction of sp³-hybridized carbons (Fsp3) is 0.500. The molecule has 1 aliphatic heterocycles. The van der Waals surface area contributed by atoms with Crippen LogP contribution in [0.2, 0.25) is 0 Å². The molecule has 0 aromatic heterocycles. The van der Waals surface area contributed by atoms with Crippen molar-refractivity contribution in [1.82, 2.24) is 4.90 Å². The molecule has 0 amide bonds. The van der Waals surface area contributed by atoms with Gasteiger partial charge >= 0.3 is 0 Å². The van der Waals surface area contributed by atoms with Crippen LogP contribution in [0.5, 0.6) is 11.5 Å². The van der Waals surface area contributed by atoms with Gasteiger partial charge in [0.25, 0.3) is 0 Å². The molecule has 0 saturated carbocycles. The monoisotopic (exact) mass is 207 g/mol. The number of nitrogens with zero attached hydrogens (tertiary/aromatic N) is 1. The van der Waals surface area contributed by atoms with Crippen LogP contribution in [-0.4, -0.2) is 21.7 Å². The first-order valence-corrected chi connectivity index (χ1v) is 5.46. The van der Waals surface area contributed by atoms with Gasteiger partial charge in [-0.15, -0.1) is 0 Å². The lowest BCUT2D eigenvalue weighted by molar-refractivity contribution is 0.279. The number of rotatable bonds is 3. The fourth-order valence-corrected chi connectivity index (χ4v) is 2.04. The average molecular weight is 207 g/mol. The molecule has 0 unspecified atom stereocenters. The normalized spacial score (nSPS) is 15.5. The van der Waals surface area contributed by atoms with Crippen LogP contribution < -0.4 is 0 Å². The fourth-order valence-electron chi connectivity index (χ4n) is 2.04. The largest absolute Gasteiger partial charge is 0.504 e. The molecule has 2 rings (SSSR count). The highest BCUT2D eigenvalue weighted by atomic mass is 16.3. The van der Waals surface area contributed by atoms with Crippen LogP contribution in [0.25, 0.3) is 0 Å². The zero-order chi connectivity index (χ0) is 10.8. The molecule has 3 heteroatoms. The van der Waals surface area contributed by atoms with Crippen molar-refractivity contribution in [3.05, 3.63) is 23.3 Å². The highest BCUT2D eigenvalue weighted by Crippen LogP contribution is 2.33. The molecule has 0 fully saturated rings. The third-order valence-electron chi connectivity index (χ3n) is 2.91. The van der Waals surface area contributed by atoms with Crippen molar-refractivity contribution < 1.29 is 10.2 Å². The van der Waals surface area contributed by atoms with Crippen molar-refractivity contribution in [3.8, 4) is 11.5 Å². The molecule has 0 atom stereocenters. The molecule has 3 nitrogen and oxygen atoms in total. The first-order valence-electron chi connectivity index (χ1n) is 5.46. The van der Waals surface area contributed by atoms with Gasteiger partial charge in [-0.1, -0.05) is 13.3 Å². The molecule has 0 spiro atoms. The van der Waals surface area contributed by atoms with Gasteiger partial charge in [0.1, 0.15) is 0 Å². The summed E-state index contributed by atoms with van der Waals surface area (Å²) in [7, 11) is 0. The van der Waals surface area contributed by atoms with E-state index < -0.39 is 0 Å². The van der Waals surface area contributed by atoms with Crippen LogP contribution >= 0.6 is 0 Å². The Balaban J connectivity index is 2.10. The van der Waals surface area contributed by atoms with E-state index in [1.54, 1.807) is 12.1 Å². The molecule has 0 radical (unpaired) electrons. The van der Waals surface area contributed by atoms with Gasteiger partial charge in [-0.25, -0.2) is 0 Å². The van der Waals surface area contributed by atoms with Gasteiger partial charge in [-0.05, 0) is 36.2 Å². The standard InChI is InChI=1S/C12H17NO2/c1-2-3-4-13-7-9-5-11(14)12(15)6-10(9)8-13/h5-6,14-15H,2-4,7-8H2,1H3. The zero-order valence-electron chi connectivity index (χ0n) is 9.03. The Hall–Kier alpha value is -1.22. The van der Waals surface area contributed by atoms with Gasteiger partial charge in [0.15, 0.2) is 11.5 Å². The number of fused-ring (bicyclic) bond motifs is 1. The molecule has 1 aromatic carbocycles. The summed E-state index contributed by atoms with van der Waals surface area (Å²) in [5.41, 5.74) is 2.28. The Kier molecular flexibility index (Phi) is 2.82. The van der Waals surface area contributed by atoms with E-state index in [9.17, 15) is 10.2 Å². The maximum atomic E-state index is 9.38. The Morgan fingerprint density at radius 3 is 2.13 bits per heavy atom. The van der Waals surface area contributed by atoms with Crippen molar-refractivity contribution in [3.63, 3.8) is 0 Å². The number of phenols is 2. The minimum atomic E-state index is -0.00825. The zero-order valence-corrected chi connectivity index (χ0v) is 9.03. The third-order valence-corrected chi connectivity index (χ3v) is 2.91. The predicted octanol–water partition coefficient (Wildman–Crippen LogP) is 2.21. The summed E-state index contributed by atoms with van der Waals surface area (Å²) in [6.07, 6.45) is 2.40. The topological polar surface area (TPSA) is 43.7 Å². The molecule has 15 heavy (non-hydrogen) atoms. The Bertz CT molecular complexity index is 332. The lowest BCUT2D eigenvalue weighted by atomic mass is 10.1. The highest BCUT2D eigenvalue weighted by molar-refractivity contribution is 5.46. The minimum Gasteiger partial charge on any atom is -0.504 e. The smallest absolute Gasteiger partial charge is 0.157 e. The van der Waals surface area contributed by atoms with Crippen molar-refractivity contribution in [2.24, 2.45) is 0 Å². The molecule has 0 bridgehead atoms. The number of hydrogen-bond acceptors (Lipinski definition) is 3. The first-order chi connectivity index (χ1) is 7.20. The van der Waals surface area contributed by atoms with E-state index >= 15 is 0 Å². The van der Waals surface area contributed by atoms with Gasteiger partial charge in [0, 0.05) is 13.1 Å². The molecule has 1 aromatic rings. The SMILES string of the molecule is CCCCN1Cc2cc(O)c(O)cc2C1. The van der Waals surface area contributed by atoms with Crippen molar-refractivity contribution in [2.45, 2.75) is 32.9 Å². The summed E-state index contributed by atoms with van der Waals surface area (Å²) in [5, 5.41) is 18.8. The maximum Gasteiger partial charge on any atom is 0.157 e. The van der Waals surface area contributed by atoms with E-state index in [2.05, 4.69) is 11.8 Å². The molecular formula is C12H17NO2. The summed E-state index contributed by atoms with van der Waals surface area (Å²) in [5.74, 6) is -0.0165. The molecule has 82 valence electrons. The number of unbranched alkanes of at least 4 members (excludes halogenated alkanes) is 1. The third kappa shape index (κ3) is 2.07. The van der Waals surface area contributed by atoms with E-state index in [1.807, 2.05) is 0 Å². The first kappa shape index (κ1) is 10.3. The second-order valence-electron chi connectivity index (χ2n) is 4.17. The van der Waals surface area contributed by atoms with Gasteiger partial charge in [0.2, 0.25) is 0 Å². The molecule has 1 aliphatic rings. The van der Waals surface area contributed by atoms with Crippen LogP contribution in [0.1, 0.15) is 30.9 Å². The van der Waals surface area contributed by atoms with Crippen molar-refractivity contribution in [2.75, 3.05) is 6.54 Å². The van der Waals surface area contributed by atoms with Crippen molar-refractivity contribution >= 4 is 0 Å². The van der Waals surface area contributed by atoms with Gasteiger partial charge in [-0.3, -0.25) is 4.90 Å². The Morgan fingerprint density at radius 2 is 1.67 bits per heavy atom. The summed E-state index contributed by atoms with van der Waals surface area (Å²) in [4.78, 5) is 2.34. The Morgan fingerprint density at radius 1 is 1.13 bits per heavy atom. The van der Waals surface area contributed by atoms with Gasteiger partial charge in [-0.2, -0.15) is 0 Å². The molecule has 1 heterocycles. The number of hydrogen-bond donors (Lipinski definition) is 2. The molecule has 0 saturated heterocycles. The van der Waals surface area contributed by atoms with E-state index in [-0.39, 0.29) is 11.5 Å². The van der Waals surface area contributed by atoms with Crippen LogP contribution in [0.4, 0.5) is 0 Å². The quantitative estimate of drug-likeness (QED) is 0.747. The number of aromatic hydroxyl groups is 2. The summed E-state index contributed by atoms with van der Waals surface area (Å²) in [6.45, 7) is 5.06. The van der Waals surface area contributed by atoms with E-state index in [0.29, 0.717) is 0 Å². The van der Waals surface area contributed by atoms with Gasteiger partial charge < -0.3 is 10.2 Å². The maximum absolute atomic E-state index is 9.38. The molecular weight excluding hydrogens is 190 g/mol. The number of benzene rings is 1. The van der Waals surface area contributed by atoms with E-state index in [0.717, 1.165) is 30.8 Å². The summed E-state index contributed by atoms with van der Waals surface area (Å²) < 4.78 is 0. The lowest BCUT2D eigenvalue weighted by Crippen LogP contribution is -2.17. The molecule has 0 aliphatic carbocycles. The molecule has 2 N–H and O–H groups in total. The van der Waals surface area contributed by atoms with Crippen LogP contribution in [0.15, 0.2) is 12.1 Å². The average Bonchev–Trinajstić information content (AvgIpc) is 2.58. The van der Waals surface area contributed by atoms with E-state index in [4.69, 9.17) is 0 Å². The second kappa shape index (κ2) is 4.11. The van der Waals surface area contributed by atoms with Crippen molar-refractivity contribution in [1.29, 1.82) is 0 Å². The summed E-state index contributed by atoms with van der Waals surface area (Å²) >= 11 is 0. The highest BCUT2D eigenvalue weighted by Gasteiger charge is 2.20. The predicted molar refractivity (Wildman–Crippen MR) is 58.8 cm³/mol. The van der Waals surface area contributed by atoms with Crippen LogP contribution in [0.3, 0.4) is 0 Å². The lowest BCUT2D eigenvalue weighted by Gasteiger charge is -2.13. The van der Waals surface area contributed by atoms with E-state index in [1.165, 1.54) is 12.8 Å². The minimum absolute atomic E-state index is 0.00825.